The van der Waals surface area contributed by atoms with Gasteiger partial charge in [0.2, 0.25) is 5.90 Å². The minimum absolute atomic E-state index is 0.0496. The molecule has 0 aliphatic carbocycles. The SMILES string of the molecule is CCOc1cc(/C=C2\N=C(c3ccc(Cl)c(Cl)c3)OC2=O)cc(Cl)c1OC(=O)c1ccccc1. The van der Waals surface area contributed by atoms with Gasteiger partial charge in [-0.25, -0.2) is 14.6 Å². The number of benzene rings is 3. The predicted molar refractivity (Wildman–Crippen MR) is 131 cm³/mol. The van der Waals surface area contributed by atoms with E-state index in [0.29, 0.717) is 33.3 Å². The van der Waals surface area contributed by atoms with Crippen molar-refractivity contribution in [2.24, 2.45) is 4.99 Å². The zero-order valence-corrected chi connectivity index (χ0v) is 19.9. The van der Waals surface area contributed by atoms with Gasteiger partial charge < -0.3 is 14.2 Å². The van der Waals surface area contributed by atoms with Gasteiger partial charge in [0.15, 0.2) is 17.2 Å². The van der Waals surface area contributed by atoms with Crippen molar-refractivity contribution in [1.29, 1.82) is 0 Å². The molecule has 0 unspecified atom stereocenters. The number of rotatable bonds is 6. The minimum Gasteiger partial charge on any atom is -0.490 e. The van der Waals surface area contributed by atoms with E-state index < -0.39 is 11.9 Å². The van der Waals surface area contributed by atoms with Crippen molar-refractivity contribution in [3.8, 4) is 11.5 Å². The molecule has 1 aliphatic rings. The molecule has 0 atom stereocenters. The van der Waals surface area contributed by atoms with Crippen LogP contribution in [0.25, 0.3) is 6.08 Å². The highest BCUT2D eigenvalue weighted by atomic mass is 35.5. The number of esters is 2. The quantitative estimate of drug-likeness (QED) is 0.209. The molecule has 3 aromatic rings. The van der Waals surface area contributed by atoms with E-state index in [9.17, 15) is 9.59 Å². The second-order valence-electron chi connectivity index (χ2n) is 6.98. The largest absolute Gasteiger partial charge is 0.490 e. The number of halogens is 3. The highest BCUT2D eigenvalue weighted by Crippen LogP contribution is 2.38. The molecule has 0 spiro atoms. The van der Waals surface area contributed by atoms with E-state index in [1.165, 1.54) is 12.1 Å². The predicted octanol–water partition coefficient (Wildman–Crippen LogP) is 6.61. The van der Waals surface area contributed by atoms with Crippen molar-refractivity contribution < 1.29 is 23.8 Å². The van der Waals surface area contributed by atoms with Gasteiger partial charge >= 0.3 is 11.9 Å². The van der Waals surface area contributed by atoms with Crippen LogP contribution in [-0.4, -0.2) is 24.4 Å². The maximum absolute atomic E-state index is 12.5. The van der Waals surface area contributed by atoms with Crippen molar-refractivity contribution >= 4 is 58.7 Å². The normalized spacial score (nSPS) is 14.1. The lowest BCUT2D eigenvalue weighted by molar-refractivity contribution is -0.129. The summed E-state index contributed by atoms with van der Waals surface area (Å²) in [4.78, 5) is 29.1. The molecular weight excluding hydrogens is 501 g/mol. The van der Waals surface area contributed by atoms with Gasteiger partial charge in [-0.2, -0.15) is 0 Å². The summed E-state index contributed by atoms with van der Waals surface area (Å²) in [5.74, 6) is -0.807. The standard InChI is InChI=1S/C25H16Cl3NO5/c1-2-32-21-12-14(10-19(28)22(21)33-24(30)15-6-4-3-5-7-15)11-20-25(31)34-23(29-20)16-8-9-17(26)18(27)13-16/h3-13H,2H2,1H3/b20-11-. The first-order chi connectivity index (χ1) is 16.4. The van der Waals surface area contributed by atoms with Gasteiger partial charge in [0, 0.05) is 5.56 Å². The average molecular weight is 517 g/mol. The molecule has 4 rings (SSSR count). The Balaban J connectivity index is 1.65. The first-order valence-electron chi connectivity index (χ1n) is 10.1. The summed E-state index contributed by atoms with van der Waals surface area (Å²) < 4.78 is 16.4. The first-order valence-corrected chi connectivity index (χ1v) is 11.2. The number of carbonyl (C=O) groups excluding carboxylic acids is 2. The molecule has 0 saturated heterocycles. The topological polar surface area (TPSA) is 74.2 Å². The van der Waals surface area contributed by atoms with Gasteiger partial charge in [-0.3, -0.25) is 0 Å². The second kappa shape index (κ2) is 10.3. The third-order valence-corrected chi connectivity index (χ3v) is 5.65. The van der Waals surface area contributed by atoms with Gasteiger partial charge in [0.25, 0.3) is 0 Å². The van der Waals surface area contributed by atoms with Crippen LogP contribution in [0.15, 0.2) is 71.4 Å². The van der Waals surface area contributed by atoms with Crippen LogP contribution < -0.4 is 9.47 Å². The number of nitrogens with zero attached hydrogens (tertiary/aromatic N) is 1. The van der Waals surface area contributed by atoms with Gasteiger partial charge in [-0.15, -0.1) is 0 Å². The number of aliphatic imine (C=N–C) groups is 1. The fraction of sp³-hybridized carbons (Fsp3) is 0.0800. The lowest BCUT2D eigenvalue weighted by Gasteiger charge is -2.13. The summed E-state index contributed by atoms with van der Waals surface area (Å²) in [6.45, 7) is 2.08. The first kappa shape index (κ1) is 23.8. The van der Waals surface area contributed by atoms with E-state index in [1.807, 2.05) is 0 Å². The van der Waals surface area contributed by atoms with E-state index in [2.05, 4.69) is 4.99 Å². The molecule has 0 aromatic heterocycles. The highest BCUT2D eigenvalue weighted by Gasteiger charge is 2.25. The molecule has 0 fully saturated rings. The lowest BCUT2D eigenvalue weighted by Crippen LogP contribution is -2.10. The van der Waals surface area contributed by atoms with Gasteiger partial charge in [-0.1, -0.05) is 53.0 Å². The van der Waals surface area contributed by atoms with Crippen molar-refractivity contribution in [2.75, 3.05) is 6.61 Å². The van der Waals surface area contributed by atoms with Crippen molar-refractivity contribution in [2.45, 2.75) is 6.92 Å². The molecular formula is C25H16Cl3NO5. The average Bonchev–Trinajstić information content (AvgIpc) is 3.18. The molecule has 34 heavy (non-hydrogen) atoms. The summed E-state index contributed by atoms with van der Waals surface area (Å²) in [7, 11) is 0. The number of cyclic esters (lactones) is 1. The van der Waals surface area contributed by atoms with Crippen molar-refractivity contribution in [3.63, 3.8) is 0 Å². The van der Waals surface area contributed by atoms with E-state index in [4.69, 9.17) is 49.0 Å². The Morgan fingerprint density at radius 1 is 1.00 bits per heavy atom. The van der Waals surface area contributed by atoms with Crippen LogP contribution >= 0.6 is 34.8 Å². The number of carbonyl (C=O) groups is 2. The third kappa shape index (κ3) is 5.25. The Morgan fingerprint density at radius 2 is 1.76 bits per heavy atom. The number of hydrogen-bond acceptors (Lipinski definition) is 6. The Hall–Kier alpha value is -3.32. The molecule has 0 radical (unpaired) electrons. The Morgan fingerprint density at radius 3 is 2.47 bits per heavy atom. The maximum atomic E-state index is 12.5. The summed E-state index contributed by atoms with van der Waals surface area (Å²) in [6.07, 6.45) is 1.49. The van der Waals surface area contributed by atoms with Crippen molar-refractivity contribution in [3.05, 3.63) is 98.1 Å². The zero-order chi connectivity index (χ0) is 24.2. The number of hydrogen-bond donors (Lipinski definition) is 0. The number of ether oxygens (including phenoxy) is 3. The fourth-order valence-electron chi connectivity index (χ4n) is 3.08. The van der Waals surface area contributed by atoms with E-state index in [0.717, 1.165) is 0 Å². The van der Waals surface area contributed by atoms with Crippen LogP contribution in [0.2, 0.25) is 15.1 Å². The van der Waals surface area contributed by atoms with Gasteiger partial charge in [0.05, 0.1) is 27.2 Å². The Labute approximate surface area is 210 Å². The molecule has 3 aromatic carbocycles. The summed E-state index contributed by atoms with van der Waals surface area (Å²) in [5.41, 5.74) is 1.42. The van der Waals surface area contributed by atoms with Crippen LogP contribution in [0.5, 0.6) is 11.5 Å². The molecule has 0 saturated carbocycles. The van der Waals surface area contributed by atoms with Gasteiger partial charge in [-0.05, 0) is 61.0 Å². The second-order valence-corrected chi connectivity index (χ2v) is 8.21. The molecule has 6 nitrogen and oxygen atoms in total. The van der Waals surface area contributed by atoms with Crippen molar-refractivity contribution in [1.82, 2.24) is 0 Å². The van der Waals surface area contributed by atoms with E-state index in [-0.39, 0.29) is 28.1 Å². The van der Waals surface area contributed by atoms with Crippen LogP contribution in [0.4, 0.5) is 0 Å². The van der Waals surface area contributed by atoms with Crippen LogP contribution in [0, 0.1) is 0 Å². The van der Waals surface area contributed by atoms with Crippen LogP contribution in [-0.2, 0) is 9.53 Å². The van der Waals surface area contributed by atoms with Gasteiger partial charge in [0.1, 0.15) is 0 Å². The molecule has 9 heteroatoms. The van der Waals surface area contributed by atoms with Crippen LogP contribution in [0.1, 0.15) is 28.4 Å². The van der Waals surface area contributed by atoms with E-state index in [1.54, 1.807) is 61.5 Å². The van der Waals surface area contributed by atoms with E-state index >= 15 is 0 Å². The molecule has 0 N–H and O–H groups in total. The third-order valence-electron chi connectivity index (χ3n) is 4.63. The zero-order valence-electron chi connectivity index (χ0n) is 17.7. The molecule has 1 aliphatic heterocycles. The smallest absolute Gasteiger partial charge is 0.363 e. The fourth-order valence-corrected chi connectivity index (χ4v) is 3.63. The summed E-state index contributed by atoms with van der Waals surface area (Å²) in [6, 6.07) is 16.4. The summed E-state index contributed by atoms with van der Waals surface area (Å²) >= 11 is 18.4. The maximum Gasteiger partial charge on any atom is 0.363 e. The molecule has 0 bridgehead atoms. The molecule has 172 valence electrons. The Kier molecular flexibility index (Phi) is 7.22. The van der Waals surface area contributed by atoms with Crippen LogP contribution in [0.3, 0.4) is 0 Å². The monoisotopic (exact) mass is 515 g/mol. The molecule has 1 heterocycles. The minimum atomic E-state index is -0.644. The Bertz CT molecular complexity index is 1340. The lowest BCUT2D eigenvalue weighted by atomic mass is 10.1. The summed E-state index contributed by atoms with van der Waals surface area (Å²) in [5, 5.41) is 0.809. The highest BCUT2D eigenvalue weighted by molar-refractivity contribution is 6.42. The molecule has 0 amide bonds.